The van der Waals surface area contributed by atoms with Crippen molar-refractivity contribution in [1.29, 1.82) is 5.26 Å². The van der Waals surface area contributed by atoms with Gasteiger partial charge in [0, 0.05) is 19.7 Å². The summed E-state index contributed by atoms with van der Waals surface area (Å²) in [6.45, 7) is 2.24. The highest BCUT2D eigenvalue weighted by molar-refractivity contribution is 4.94. The highest BCUT2D eigenvalue weighted by Crippen LogP contribution is 2.49. The van der Waals surface area contributed by atoms with Crippen molar-refractivity contribution in [2.75, 3.05) is 19.7 Å². The van der Waals surface area contributed by atoms with E-state index in [9.17, 15) is 0 Å². The molecule has 0 aromatic carbocycles. The van der Waals surface area contributed by atoms with Crippen LogP contribution in [0.3, 0.4) is 0 Å². The molecule has 0 amide bonds. The van der Waals surface area contributed by atoms with E-state index in [1.807, 2.05) is 4.90 Å². The van der Waals surface area contributed by atoms with Crippen LogP contribution in [-0.2, 0) is 0 Å². The molecule has 0 spiro atoms. The lowest BCUT2D eigenvalue weighted by Crippen LogP contribution is -2.30. The third kappa shape index (κ3) is 2.01. The van der Waals surface area contributed by atoms with E-state index in [1.54, 1.807) is 0 Å². The van der Waals surface area contributed by atoms with Crippen LogP contribution in [-0.4, -0.2) is 29.7 Å². The summed E-state index contributed by atoms with van der Waals surface area (Å²) in [6.07, 6.45) is 6.88. The van der Waals surface area contributed by atoms with Crippen LogP contribution >= 0.6 is 0 Å². The van der Waals surface area contributed by atoms with Gasteiger partial charge in [-0.1, -0.05) is 0 Å². The summed E-state index contributed by atoms with van der Waals surface area (Å²) in [5.74, 6) is 2.48. The van der Waals surface area contributed by atoms with Crippen molar-refractivity contribution in [3.8, 4) is 6.19 Å². The molecular weight excluding hydrogens is 176 g/mol. The Hall–Kier alpha value is -0.750. The summed E-state index contributed by atoms with van der Waals surface area (Å²) in [4.78, 5) is 1.86. The fourth-order valence-corrected chi connectivity index (χ4v) is 2.77. The summed E-state index contributed by atoms with van der Waals surface area (Å²) in [5.41, 5.74) is 0. The van der Waals surface area contributed by atoms with Gasteiger partial charge in [-0.25, -0.2) is 0 Å². The van der Waals surface area contributed by atoms with E-state index in [0.717, 1.165) is 37.3 Å². The van der Waals surface area contributed by atoms with Crippen LogP contribution in [0.1, 0.15) is 25.7 Å². The maximum atomic E-state index is 8.82. The maximum Gasteiger partial charge on any atom is 0.179 e. The molecule has 78 valence electrons. The average Bonchev–Trinajstić information content (AvgIpc) is 2.98. The van der Waals surface area contributed by atoms with Crippen LogP contribution in [0.25, 0.3) is 0 Å². The summed E-state index contributed by atoms with van der Waals surface area (Å²) in [6, 6.07) is 0. The van der Waals surface area contributed by atoms with Gasteiger partial charge < -0.3 is 10.0 Å². The maximum absolute atomic E-state index is 8.82. The van der Waals surface area contributed by atoms with Crippen LogP contribution in [0.4, 0.5) is 0 Å². The molecule has 1 saturated heterocycles. The van der Waals surface area contributed by atoms with Gasteiger partial charge in [-0.3, -0.25) is 0 Å². The molecule has 1 N–H and O–H groups in total. The second-order valence-corrected chi connectivity index (χ2v) is 4.60. The summed E-state index contributed by atoms with van der Waals surface area (Å²) in [5, 5.41) is 17.5. The van der Waals surface area contributed by atoms with Crippen LogP contribution in [0.2, 0.25) is 0 Å². The minimum Gasteiger partial charge on any atom is -0.396 e. The fraction of sp³-hybridized carbons (Fsp3) is 0.909. The minimum atomic E-state index is 0.345. The smallest absolute Gasteiger partial charge is 0.179 e. The molecule has 0 aromatic heterocycles. The highest BCUT2D eigenvalue weighted by atomic mass is 16.3. The molecule has 2 atom stereocenters. The van der Waals surface area contributed by atoms with E-state index < -0.39 is 0 Å². The molecule has 3 nitrogen and oxygen atoms in total. The Morgan fingerprint density at radius 3 is 2.64 bits per heavy atom. The van der Waals surface area contributed by atoms with Gasteiger partial charge in [0.25, 0.3) is 0 Å². The van der Waals surface area contributed by atoms with Gasteiger partial charge in [0.05, 0.1) is 0 Å². The van der Waals surface area contributed by atoms with Crippen molar-refractivity contribution in [1.82, 2.24) is 4.90 Å². The Labute approximate surface area is 85.3 Å². The molecule has 2 aliphatic rings. The number of rotatable bonds is 3. The molecule has 1 aliphatic carbocycles. The molecule has 2 rings (SSSR count). The molecule has 0 bridgehead atoms. The molecular formula is C11H18N2O. The molecule has 1 saturated carbocycles. The third-order valence-corrected chi connectivity index (χ3v) is 3.76. The molecule has 1 heterocycles. The van der Waals surface area contributed by atoms with Crippen LogP contribution in [0, 0.1) is 29.2 Å². The largest absolute Gasteiger partial charge is 0.396 e. The van der Waals surface area contributed by atoms with E-state index in [1.165, 1.54) is 19.3 Å². The van der Waals surface area contributed by atoms with Crippen molar-refractivity contribution in [3.05, 3.63) is 0 Å². The number of piperidine rings is 1. The van der Waals surface area contributed by atoms with E-state index in [-0.39, 0.29) is 0 Å². The first kappa shape index (κ1) is 9.79. The lowest BCUT2D eigenvalue weighted by molar-refractivity contribution is 0.219. The Kier molecular flexibility index (Phi) is 2.93. The SMILES string of the molecule is N#CN1CCC([C@H]2C[C@H]2CCO)CC1. The fourth-order valence-electron chi connectivity index (χ4n) is 2.77. The van der Waals surface area contributed by atoms with Crippen LogP contribution in [0.5, 0.6) is 0 Å². The van der Waals surface area contributed by atoms with Gasteiger partial charge in [0.2, 0.25) is 0 Å². The first-order valence-electron chi connectivity index (χ1n) is 5.60. The predicted octanol–water partition coefficient (Wildman–Crippen LogP) is 1.20. The molecule has 3 heteroatoms. The molecule has 2 fully saturated rings. The molecule has 0 radical (unpaired) electrons. The molecule has 14 heavy (non-hydrogen) atoms. The van der Waals surface area contributed by atoms with Gasteiger partial charge in [0.15, 0.2) is 6.19 Å². The zero-order chi connectivity index (χ0) is 9.97. The molecule has 0 unspecified atom stereocenters. The van der Waals surface area contributed by atoms with Gasteiger partial charge >= 0.3 is 0 Å². The normalized spacial score (nSPS) is 32.7. The third-order valence-electron chi connectivity index (χ3n) is 3.76. The zero-order valence-electron chi connectivity index (χ0n) is 8.52. The summed E-state index contributed by atoms with van der Waals surface area (Å²) < 4.78 is 0. The lowest BCUT2D eigenvalue weighted by Gasteiger charge is -2.28. The second kappa shape index (κ2) is 4.18. The van der Waals surface area contributed by atoms with Crippen molar-refractivity contribution in [2.24, 2.45) is 17.8 Å². The lowest BCUT2D eigenvalue weighted by atomic mass is 9.91. The quantitative estimate of drug-likeness (QED) is 0.687. The Balaban J connectivity index is 1.73. The van der Waals surface area contributed by atoms with Crippen molar-refractivity contribution >= 4 is 0 Å². The highest BCUT2D eigenvalue weighted by Gasteiger charge is 2.42. The van der Waals surface area contributed by atoms with Crippen molar-refractivity contribution < 1.29 is 5.11 Å². The number of nitriles is 1. The van der Waals surface area contributed by atoms with Gasteiger partial charge in [0.1, 0.15) is 0 Å². The number of nitrogens with zero attached hydrogens (tertiary/aromatic N) is 2. The average molecular weight is 194 g/mol. The monoisotopic (exact) mass is 194 g/mol. The number of aliphatic hydroxyl groups excluding tert-OH is 1. The Bertz CT molecular complexity index is 228. The van der Waals surface area contributed by atoms with Crippen LogP contribution in [0.15, 0.2) is 0 Å². The van der Waals surface area contributed by atoms with Crippen LogP contribution < -0.4 is 0 Å². The molecule has 1 aliphatic heterocycles. The van der Waals surface area contributed by atoms with Crippen molar-refractivity contribution in [2.45, 2.75) is 25.7 Å². The Morgan fingerprint density at radius 1 is 1.36 bits per heavy atom. The summed E-state index contributed by atoms with van der Waals surface area (Å²) >= 11 is 0. The zero-order valence-corrected chi connectivity index (χ0v) is 8.52. The van der Waals surface area contributed by atoms with E-state index in [4.69, 9.17) is 10.4 Å². The number of hydrogen-bond acceptors (Lipinski definition) is 3. The number of hydrogen-bond donors (Lipinski definition) is 1. The van der Waals surface area contributed by atoms with Gasteiger partial charge in [-0.2, -0.15) is 5.26 Å². The van der Waals surface area contributed by atoms with E-state index in [0.29, 0.717) is 6.61 Å². The Morgan fingerprint density at radius 2 is 2.07 bits per heavy atom. The topological polar surface area (TPSA) is 47.3 Å². The minimum absolute atomic E-state index is 0.345. The second-order valence-electron chi connectivity index (χ2n) is 4.60. The summed E-state index contributed by atoms with van der Waals surface area (Å²) in [7, 11) is 0. The number of aliphatic hydroxyl groups is 1. The number of likely N-dealkylation sites (tertiary alicyclic amines) is 1. The van der Waals surface area contributed by atoms with E-state index >= 15 is 0 Å². The first-order valence-corrected chi connectivity index (χ1v) is 5.60. The first-order chi connectivity index (χ1) is 6.85. The van der Waals surface area contributed by atoms with Gasteiger partial charge in [-0.15, -0.1) is 0 Å². The van der Waals surface area contributed by atoms with Crippen molar-refractivity contribution in [3.63, 3.8) is 0 Å². The predicted molar refractivity (Wildman–Crippen MR) is 53.2 cm³/mol. The standard InChI is InChI=1S/C11H18N2O/c12-8-13-4-1-9(2-5-13)11-7-10(11)3-6-14/h9-11,14H,1-7H2/t10-,11-/m1/s1. The van der Waals surface area contributed by atoms with Gasteiger partial charge in [-0.05, 0) is 43.4 Å². The molecule has 0 aromatic rings. The van der Waals surface area contributed by atoms with E-state index in [2.05, 4.69) is 6.19 Å².